The minimum atomic E-state index is -0.202. The van der Waals surface area contributed by atoms with Crippen LogP contribution in [0, 0.1) is 5.82 Å². The first kappa shape index (κ1) is 18.7. The summed E-state index contributed by atoms with van der Waals surface area (Å²) in [6.07, 6.45) is 10.7. The van der Waals surface area contributed by atoms with Gasteiger partial charge in [0.2, 0.25) is 0 Å². The summed E-state index contributed by atoms with van der Waals surface area (Å²) < 4.78 is 13.3. The number of allylic oxidation sites excluding steroid dienone is 1. The van der Waals surface area contributed by atoms with Gasteiger partial charge in [-0.1, -0.05) is 31.1 Å². The number of rotatable bonds is 7. The first-order valence-electron chi connectivity index (χ1n) is 9.68. The molecule has 0 saturated carbocycles. The normalized spacial score (nSPS) is 13.8. The molecule has 0 aromatic heterocycles. The van der Waals surface area contributed by atoms with E-state index in [4.69, 9.17) is 5.73 Å². The van der Waals surface area contributed by atoms with Gasteiger partial charge in [-0.2, -0.15) is 0 Å². The molecule has 0 fully saturated rings. The Hall–Kier alpha value is -2.13. The second-order valence-electron chi connectivity index (χ2n) is 7.16. The highest BCUT2D eigenvalue weighted by Crippen LogP contribution is 2.34. The molecule has 3 N–H and O–H groups in total. The maximum absolute atomic E-state index is 13.3. The monoisotopic (exact) mass is 353 g/mol. The number of aromatic hydroxyl groups is 1. The summed E-state index contributed by atoms with van der Waals surface area (Å²) in [5.41, 5.74) is 11.6. The van der Waals surface area contributed by atoms with E-state index in [9.17, 15) is 9.50 Å². The lowest BCUT2D eigenvalue weighted by Crippen LogP contribution is -1.99. The molecule has 0 saturated heterocycles. The van der Waals surface area contributed by atoms with E-state index in [1.807, 2.05) is 24.3 Å². The van der Waals surface area contributed by atoms with Gasteiger partial charge in [-0.3, -0.25) is 0 Å². The zero-order chi connectivity index (χ0) is 18.4. The fourth-order valence-electron chi connectivity index (χ4n) is 3.78. The van der Waals surface area contributed by atoms with Gasteiger partial charge in [-0.15, -0.1) is 0 Å². The lowest BCUT2D eigenvalue weighted by molar-refractivity contribution is 0.473. The van der Waals surface area contributed by atoms with Gasteiger partial charge in [0, 0.05) is 0 Å². The molecule has 0 amide bonds. The third-order valence-electron chi connectivity index (χ3n) is 5.16. The number of halogens is 1. The van der Waals surface area contributed by atoms with Crippen LogP contribution in [0.15, 0.2) is 36.4 Å². The lowest BCUT2D eigenvalue weighted by atomic mass is 9.93. The molecule has 26 heavy (non-hydrogen) atoms. The quantitative estimate of drug-likeness (QED) is 0.648. The zero-order valence-corrected chi connectivity index (χ0v) is 15.3. The maximum atomic E-state index is 13.3. The van der Waals surface area contributed by atoms with Crippen molar-refractivity contribution >= 4 is 11.6 Å². The van der Waals surface area contributed by atoms with Gasteiger partial charge in [0.25, 0.3) is 0 Å². The van der Waals surface area contributed by atoms with E-state index in [1.165, 1.54) is 34.4 Å². The van der Waals surface area contributed by atoms with Crippen LogP contribution in [0.25, 0.3) is 11.6 Å². The Bertz CT molecular complexity index is 765. The molecule has 1 aliphatic carbocycles. The molecule has 2 aromatic carbocycles. The largest absolute Gasteiger partial charge is 0.508 e. The summed E-state index contributed by atoms with van der Waals surface area (Å²) in [4.78, 5) is 0. The van der Waals surface area contributed by atoms with Gasteiger partial charge in [0.1, 0.15) is 11.6 Å². The van der Waals surface area contributed by atoms with Crippen LogP contribution in [0.1, 0.15) is 60.8 Å². The van der Waals surface area contributed by atoms with Crippen molar-refractivity contribution in [2.75, 3.05) is 6.54 Å². The molecule has 0 heterocycles. The van der Waals surface area contributed by atoms with Crippen molar-refractivity contribution in [3.05, 3.63) is 64.5 Å². The second-order valence-corrected chi connectivity index (χ2v) is 7.16. The second kappa shape index (κ2) is 9.00. The Morgan fingerprint density at radius 2 is 1.73 bits per heavy atom. The Morgan fingerprint density at radius 1 is 0.962 bits per heavy atom. The molecule has 0 radical (unpaired) electrons. The first-order valence-corrected chi connectivity index (χ1v) is 9.68. The van der Waals surface area contributed by atoms with Crippen LogP contribution >= 0.6 is 0 Å². The van der Waals surface area contributed by atoms with Crippen molar-refractivity contribution in [3.8, 4) is 5.75 Å². The molecule has 0 aliphatic heterocycles. The smallest absolute Gasteiger partial charge is 0.123 e. The fraction of sp³-hybridized carbons (Fsp3) is 0.391. The van der Waals surface area contributed by atoms with Crippen molar-refractivity contribution in [2.45, 2.75) is 51.4 Å². The van der Waals surface area contributed by atoms with Crippen LogP contribution in [0.2, 0.25) is 0 Å². The summed E-state index contributed by atoms with van der Waals surface area (Å²) in [5, 5.41) is 10.1. The summed E-state index contributed by atoms with van der Waals surface area (Å²) in [6, 6.07) is 10.6. The molecular formula is C23H28FNO. The Kier molecular flexibility index (Phi) is 6.45. The molecule has 3 heteroatoms. The van der Waals surface area contributed by atoms with E-state index in [0.29, 0.717) is 5.75 Å². The molecule has 0 bridgehead atoms. The predicted molar refractivity (Wildman–Crippen MR) is 107 cm³/mol. The van der Waals surface area contributed by atoms with Crippen molar-refractivity contribution in [1.29, 1.82) is 0 Å². The van der Waals surface area contributed by atoms with Crippen LogP contribution in [0.4, 0.5) is 4.39 Å². The van der Waals surface area contributed by atoms with Crippen molar-refractivity contribution in [1.82, 2.24) is 0 Å². The van der Waals surface area contributed by atoms with E-state index >= 15 is 0 Å². The van der Waals surface area contributed by atoms with E-state index in [-0.39, 0.29) is 5.82 Å². The molecule has 3 rings (SSSR count). The highest BCUT2D eigenvalue weighted by Gasteiger charge is 2.15. The van der Waals surface area contributed by atoms with Gasteiger partial charge >= 0.3 is 0 Å². The number of benzene rings is 2. The predicted octanol–water partition coefficient (Wildman–Crippen LogP) is 5.47. The number of hydrogen-bond donors (Lipinski definition) is 2. The molecular weight excluding hydrogens is 325 g/mol. The molecule has 2 aromatic rings. The minimum Gasteiger partial charge on any atom is -0.508 e. The van der Waals surface area contributed by atoms with Gasteiger partial charge in [-0.25, -0.2) is 4.39 Å². The SMILES string of the molecule is NCCCCCCc1cc(O)cc2c1C=C(c1ccc(F)cc1)CCC2. The molecule has 2 nitrogen and oxygen atoms in total. The Labute approximate surface area is 155 Å². The molecule has 1 aliphatic rings. The number of aryl methyl sites for hydroxylation is 2. The first-order chi connectivity index (χ1) is 12.7. The van der Waals surface area contributed by atoms with Gasteiger partial charge in [0.05, 0.1) is 0 Å². The highest BCUT2D eigenvalue weighted by molar-refractivity contribution is 5.84. The van der Waals surface area contributed by atoms with Crippen LogP contribution < -0.4 is 5.73 Å². The van der Waals surface area contributed by atoms with Crippen LogP contribution in [0.3, 0.4) is 0 Å². The van der Waals surface area contributed by atoms with Crippen molar-refractivity contribution < 1.29 is 9.50 Å². The number of unbranched alkanes of at least 4 members (excludes halogenated alkanes) is 3. The lowest BCUT2D eigenvalue weighted by Gasteiger charge is -2.12. The third-order valence-corrected chi connectivity index (χ3v) is 5.16. The molecule has 0 spiro atoms. The zero-order valence-electron chi connectivity index (χ0n) is 15.3. The van der Waals surface area contributed by atoms with Crippen molar-refractivity contribution in [2.24, 2.45) is 5.73 Å². The summed E-state index contributed by atoms with van der Waals surface area (Å²) in [6.45, 7) is 0.755. The van der Waals surface area contributed by atoms with E-state index in [1.54, 1.807) is 0 Å². The topological polar surface area (TPSA) is 46.2 Å². The number of phenols is 1. The van der Waals surface area contributed by atoms with Crippen LogP contribution in [0.5, 0.6) is 5.75 Å². The Morgan fingerprint density at radius 3 is 2.50 bits per heavy atom. The summed E-state index contributed by atoms with van der Waals surface area (Å²) in [7, 11) is 0. The fourth-order valence-corrected chi connectivity index (χ4v) is 3.78. The van der Waals surface area contributed by atoms with E-state index in [0.717, 1.165) is 63.5 Å². The van der Waals surface area contributed by atoms with Crippen LogP contribution in [-0.2, 0) is 12.8 Å². The van der Waals surface area contributed by atoms with E-state index < -0.39 is 0 Å². The average Bonchev–Trinajstić information content (AvgIpc) is 2.84. The molecule has 0 unspecified atom stereocenters. The Balaban J connectivity index is 1.87. The molecule has 138 valence electrons. The standard InChI is InChI=1S/C23H28FNO/c24-21-11-9-17(10-12-21)18-7-5-8-20-15-22(26)14-19(23(20)16-18)6-3-1-2-4-13-25/h9-12,14-16,26H,1-8,13,25H2. The van der Waals surface area contributed by atoms with Gasteiger partial charge < -0.3 is 10.8 Å². The number of hydrogen-bond acceptors (Lipinski definition) is 2. The number of phenolic OH excluding ortho intramolecular Hbond substituents is 1. The highest BCUT2D eigenvalue weighted by atomic mass is 19.1. The summed E-state index contributed by atoms with van der Waals surface area (Å²) >= 11 is 0. The van der Waals surface area contributed by atoms with Gasteiger partial charge in [0.15, 0.2) is 0 Å². The number of nitrogens with two attached hydrogens (primary N) is 1. The van der Waals surface area contributed by atoms with E-state index in [2.05, 4.69) is 6.08 Å². The van der Waals surface area contributed by atoms with Crippen LogP contribution in [-0.4, -0.2) is 11.7 Å². The average molecular weight is 353 g/mol. The third kappa shape index (κ3) is 4.73. The maximum Gasteiger partial charge on any atom is 0.123 e. The van der Waals surface area contributed by atoms with Crippen molar-refractivity contribution in [3.63, 3.8) is 0 Å². The van der Waals surface area contributed by atoms with Gasteiger partial charge in [-0.05, 0) is 97.2 Å². The number of fused-ring (bicyclic) bond motifs is 1. The molecule has 0 atom stereocenters. The summed E-state index contributed by atoms with van der Waals surface area (Å²) in [5.74, 6) is 0.158. The minimum absolute atomic E-state index is 0.202.